The van der Waals surface area contributed by atoms with E-state index in [2.05, 4.69) is 21.9 Å². The summed E-state index contributed by atoms with van der Waals surface area (Å²) in [4.78, 5) is 32.6. The number of carbonyl (C=O) groups is 1. The van der Waals surface area contributed by atoms with Crippen molar-refractivity contribution >= 4 is 23.5 Å². The summed E-state index contributed by atoms with van der Waals surface area (Å²) in [6, 6.07) is 11.7. The van der Waals surface area contributed by atoms with Gasteiger partial charge in [0.2, 0.25) is 5.91 Å². The fraction of sp³-hybridized carbons (Fsp3) is 0.208. The zero-order valence-electron chi connectivity index (χ0n) is 17.9. The minimum Gasteiger partial charge on any atom is -0.493 e. The first kappa shape index (κ1) is 22.6. The van der Waals surface area contributed by atoms with Crippen LogP contribution in [-0.2, 0) is 10.5 Å². The third kappa shape index (κ3) is 4.93. The topological polar surface area (TPSA) is 93.3 Å². The zero-order chi connectivity index (χ0) is 23.4. The molecule has 0 saturated carbocycles. The van der Waals surface area contributed by atoms with Crippen LogP contribution in [0.3, 0.4) is 0 Å². The summed E-state index contributed by atoms with van der Waals surface area (Å²) < 4.78 is 24.9. The Morgan fingerprint density at radius 2 is 2.06 bits per heavy atom. The molecule has 0 spiro atoms. The average molecular weight is 468 g/mol. The van der Waals surface area contributed by atoms with Crippen LogP contribution in [0.4, 0.5) is 10.2 Å². The molecule has 0 unspecified atom stereocenters. The molecule has 1 aromatic heterocycles. The Kier molecular flexibility index (Phi) is 6.79. The van der Waals surface area contributed by atoms with E-state index in [4.69, 9.17) is 9.47 Å². The van der Waals surface area contributed by atoms with Crippen LogP contribution in [-0.4, -0.2) is 29.6 Å². The van der Waals surface area contributed by atoms with Crippen LogP contribution in [0, 0.1) is 5.82 Å². The lowest BCUT2D eigenvalue weighted by molar-refractivity contribution is -0.116. The third-order valence-corrected chi connectivity index (χ3v) is 6.12. The normalized spacial score (nSPS) is 14.8. The molecule has 2 N–H and O–H groups in total. The van der Waals surface area contributed by atoms with Crippen LogP contribution < -0.4 is 20.3 Å². The highest BCUT2D eigenvalue weighted by Gasteiger charge is 2.31. The fourth-order valence-electron chi connectivity index (χ4n) is 3.63. The molecule has 0 fully saturated rings. The molecule has 1 aliphatic rings. The number of halogens is 1. The van der Waals surface area contributed by atoms with E-state index in [-0.39, 0.29) is 35.3 Å². The van der Waals surface area contributed by atoms with Crippen LogP contribution in [0.5, 0.6) is 11.5 Å². The molecule has 2 aromatic carbocycles. The smallest absolute Gasteiger partial charge is 0.257 e. The Morgan fingerprint density at radius 1 is 1.24 bits per heavy atom. The summed E-state index contributed by atoms with van der Waals surface area (Å²) in [5.41, 5.74) is 1.24. The van der Waals surface area contributed by atoms with Gasteiger partial charge >= 0.3 is 0 Å². The molecule has 170 valence electrons. The maximum Gasteiger partial charge on any atom is 0.257 e. The molecule has 0 radical (unpaired) electrons. The van der Waals surface area contributed by atoms with E-state index in [1.165, 1.54) is 24.9 Å². The second kappa shape index (κ2) is 9.91. The number of nitrogens with zero attached hydrogens (tertiary/aromatic N) is 1. The van der Waals surface area contributed by atoms with E-state index < -0.39 is 5.92 Å². The van der Waals surface area contributed by atoms with Crippen molar-refractivity contribution < 1.29 is 18.7 Å². The summed E-state index contributed by atoms with van der Waals surface area (Å²) in [7, 11) is 1.52. The number of H-pyrrole nitrogens is 1. The van der Waals surface area contributed by atoms with Gasteiger partial charge in [-0.25, -0.2) is 9.37 Å². The summed E-state index contributed by atoms with van der Waals surface area (Å²) in [5.74, 6) is 0.446. The lowest BCUT2D eigenvalue weighted by atomic mass is 9.86. The van der Waals surface area contributed by atoms with Crippen molar-refractivity contribution in [1.82, 2.24) is 9.97 Å². The van der Waals surface area contributed by atoms with E-state index in [0.29, 0.717) is 34.4 Å². The number of aromatic nitrogens is 2. The summed E-state index contributed by atoms with van der Waals surface area (Å²) in [6.45, 7) is 3.95. The maximum atomic E-state index is 13.9. The zero-order valence-corrected chi connectivity index (χ0v) is 18.7. The van der Waals surface area contributed by atoms with Crippen LogP contribution in [0.2, 0.25) is 0 Å². The molecule has 0 bridgehead atoms. The Balaban J connectivity index is 1.65. The Bertz CT molecular complexity index is 1260. The quantitative estimate of drug-likeness (QED) is 0.292. The molecule has 33 heavy (non-hydrogen) atoms. The molecule has 7 nitrogen and oxygen atoms in total. The van der Waals surface area contributed by atoms with Gasteiger partial charge in [-0.15, -0.1) is 0 Å². The maximum absolute atomic E-state index is 13.9. The number of methoxy groups -OCH3 is 1. The number of fused-ring (bicyclic) bond motifs is 1. The predicted octanol–water partition coefficient (Wildman–Crippen LogP) is 4.25. The highest BCUT2D eigenvalue weighted by Crippen LogP contribution is 2.38. The number of carbonyl (C=O) groups excluding carboxylic acids is 1. The summed E-state index contributed by atoms with van der Waals surface area (Å²) >= 11 is 1.19. The number of hydrogen-bond acceptors (Lipinski definition) is 6. The lowest BCUT2D eigenvalue weighted by Gasteiger charge is -2.25. The van der Waals surface area contributed by atoms with Crippen molar-refractivity contribution in [2.75, 3.05) is 19.0 Å². The third-order valence-electron chi connectivity index (χ3n) is 5.20. The monoisotopic (exact) mass is 467 g/mol. The Morgan fingerprint density at radius 3 is 2.82 bits per heavy atom. The summed E-state index contributed by atoms with van der Waals surface area (Å²) in [6.07, 6.45) is 1.72. The van der Waals surface area contributed by atoms with Crippen LogP contribution >= 0.6 is 11.8 Å². The van der Waals surface area contributed by atoms with Gasteiger partial charge in [-0.1, -0.05) is 48.7 Å². The molecule has 0 saturated heterocycles. The average Bonchev–Trinajstić information content (AvgIpc) is 2.81. The van der Waals surface area contributed by atoms with Crippen LogP contribution in [0.15, 0.2) is 65.1 Å². The second-order valence-electron chi connectivity index (χ2n) is 7.33. The van der Waals surface area contributed by atoms with E-state index >= 15 is 0 Å². The van der Waals surface area contributed by atoms with E-state index in [1.54, 1.807) is 42.5 Å². The minimum atomic E-state index is -0.502. The number of amides is 1. The van der Waals surface area contributed by atoms with Crippen molar-refractivity contribution in [2.45, 2.75) is 23.2 Å². The number of rotatable bonds is 8. The van der Waals surface area contributed by atoms with E-state index in [0.717, 1.165) is 5.56 Å². The first-order chi connectivity index (χ1) is 16.0. The van der Waals surface area contributed by atoms with Crippen LogP contribution in [0.25, 0.3) is 0 Å². The standard InChI is InChI=1S/C24H22FN3O4S/c1-3-10-32-18-9-8-14(11-19(18)31-2)16-12-20(29)26-22-21(16)23(30)28-24(27-22)33-13-15-6-4-5-7-17(15)25/h3-9,11,16H,1,10,12-13H2,2H3,(H2,26,27,28,29,30)/t16-/m1/s1. The SMILES string of the molecule is C=CCOc1ccc([C@H]2CC(=O)Nc3nc(SCc4ccccc4F)[nH]c(=O)c32)cc1OC. The highest BCUT2D eigenvalue weighted by atomic mass is 32.2. The number of nitrogens with one attached hydrogen (secondary N) is 2. The lowest BCUT2D eigenvalue weighted by Crippen LogP contribution is -2.31. The number of ether oxygens (including phenoxy) is 2. The number of benzene rings is 2. The van der Waals surface area contributed by atoms with Gasteiger partial charge in [0.25, 0.3) is 5.56 Å². The van der Waals surface area contributed by atoms with Crippen molar-refractivity contribution in [3.05, 3.63) is 88.0 Å². The predicted molar refractivity (Wildman–Crippen MR) is 125 cm³/mol. The Hall–Kier alpha value is -3.59. The van der Waals surface area contributed by atoms with Gasteiger partial charge in [0.1, 0.15) is 18.2 Å². The molecule has 4 rings (SSSR count). The van der Waals surface area contributed by atoms with E-state index in [9.17, 15) is 14.0 Å². The number of hydrogen-bond donors (Lipinski definition) is 2. The molecule has 1 atom stereocenters. The highest BCUT2D eigenvalue weighted by molar-refractivity contribution is 7.98. The van der Waals surface area contributed by atoms with Gasteiger partial charge in [-0.2, -0.15) is 0 Å². The van der Waals surface area contributed by atoms with E-state index in [1.807, 2.05) is 0 Å². The first-order valence-electron chi connectivity index (χ1n) is 10.2. The van der Waals surface area contributed by atoms with Gasteiger partial charge < -0.3 is 19.8 Å². The van der Waals surface area contributed by atoms with Gasteiger partial charge in [0, 0.05) is 18.1 Å². The molecule has 1 amide bonds. The number of thioether (sulfide) groups is 1. The van der Waals surface area contributed by atoms with Gasteiger partial charge in [-0.3, -0.25) is 9.59 Å². The first-order valence-corrected chi connectivity index (χ1v) is 11.2. The molecular weight excluding hydrogens is 445 g/mol. The second-order valence-corrected chi connectivity index (χ2v) is 8.29. The van der Waals surface area contributed by atoms with Crippen molar-refractivity contribution in [1.29, 1.82) is 0 Å². The molecular formula is C24H22FN3O4S. The van der Waals surface area contributed by atoms with Gasteiger partial charge in [-0.05, 0) is 29.3 Å². The minimum absolute atomic E-state index is 0.0927. The Labute approximate surface area is 194 Å². The molecule has 3 aromatic rings. The number of aromatic amines is 1. The largest absolute Gasteiger partial charge is 0.493 e. The molecule has 9 heteroatoms. The fourth-order valence-corrected chi connectivity index (χ4v) is 4.48. The van der Waals surface area contributed by atoms with Gasteiger partial charge in [0.15, 0.2) is 16.7 Å². The van der Waals surface area contributed by atoms with Crippen molar-refractivity contribution in [3.8, 4) is 11.5 Å². The van der Waals surface area contributed by atoms with Crippen molar-refractivity contribution in [2.24, 2.45) is 0 Å². The van der Waals surface area contributed by atoms with Gasteiger partial charge in [0.05, 0.1) is 12.7 Å². The van der Waals surface area contributed by atoms with Crippen LogP contribution in [0.1, 0.15) is 29.0 Å². The molecule has 2 heterocycles. The number of anilines is 1. The van der Waals surface area contributed by atoms with Crippen molar-refractivity contribution in [3.63, 3.8) is 0 Å². The summed E-state index contributed by atoms with van der Waals surface area (Å²) in [5, 5.41) is 2.99. The molecule has 1 aliphatic heterocycles. The molecule has 0 aliphatic carbocycles.